The normalized spacial score (nSPS) is 11.4. The number of anilines is 1. The maximum atomic E-state index is 13.0. The second-order valence-electron chi connectivity index (χ2n) is 4.42. The van der Waals surface area contributed by atoms with E-state index in [9.17, 15) is 12.8 Å². The van der Waals surface area contributed by atoms with E-state index in [4.69, 9.17) is 0 Å². The van der Waals surface area contributed by atoms with Crippen molar-refractivity contribution in [3.63, 3.8) is 0 Å². The SMILES string of the molecule is CCN(c1ccc(F)cc1)S(=O)(=O)c1ccc(CBr)cc1. The number of halogens is 2. The molecule has 0 aliphatic carbocycles. The first-order valence-corrected chi connectivity index (χ1v) is 8.98. The lowest BCUT2D eigenvalue weighted by Gasteiger charge is -2.23. The van der Waals surface area contributed by atoms with Gasteiger partial charge in [-0.25, -0.2) is 12.8 Å². The Hall–Kier alpha value is -1.40. The first-order chi connectivity index (χ1) is 9.98. The quantitative estimate of drug-likeness (QED) is 0.746. The van der Waals surface area contributed by atoms with Crippen LogP contribution in [0.2, 0.25) is 0 Å². The van der Waals surface area contributed by atoms with Crippen LogP contribution >= 0.6 is 15.9 Å². The lowest BCUT2D eigenvalue weighted by Crippen LogP contribution is -2.30. The lowest BCUT2D eigenvalue weighted by molar-refractivity contribution is 0.591. The third-order valence-corrected chi connectivity index (χ3v) is 5.63. The summed E-state index contributed by atoms with van der Waals surface area (Å²) in [7, 11) is -3.65. The first-order valence-electron chi connectivity index (χ1n) is 6.42. The summed E-state index contributed by atoms with van der Waals surface area (Å²) in [4.78, 5) is 0.221. The Bertz CT molecular complexity index is 699. The molecule has 6 heteroatoms. The van der Waals surface area contributed by atoms with Crippen LogP contribution in [0.4, 0.5) is 10.1 Å². The van der Waals surface area contributed by atoms with Crippen LogP contribution in [0.1, 0.15) is 12.5 Å². The molecule has 2 aromatic carbocycles. The third-order valence-electron chi connectivity index (χ3n) is 3.07. The van der Waals surface area contributed by atoms with Gasteiger partial charge in [-0.3, -0.25) is 4.31 Å². The molecule has 0 radical (unpaired) electrons. The standard InChI is InChI=1S/C15H15BrFNO2S/c1-2-18(14-7-5-13(17)6-8-14)21(19,20)15-9-3-12(11-16)4-10-15/h3-10H,2,11H2,1H3. The fourth-order valence-electron chi connectivity index (χ4n) is 1.98. The second kappa shape index (κ2) is 6.58. The van der Waals surface area contributed by atoms with Crippen molar-refractivity contribution in [2.75, 3.05) is 10.8 Å². The molecule has 112 valence electrons. The highest BCUT2D eigenvalue weighted by atomic mass is 79.9. The summed E-state index contributed by atoms with van der Waals surface area (Å²) in [6, 6.07) is 12.1. The van der Waals surface area contributed by atoms with Gasteiger partial charge >= 0.3 is 0 Å². The zero-order valence-electron chi connectivity index (χ0n) is 11.5. The van der Waals surface area contributed by atoms with Crippen LogP contribution in [-0.4, -0.2) is 15.0 Å². The van der Waals surface area contributed by atoms with Gasteiger partial charge in [0.05, 0.1) is 10.6 Å². The van der Waals surface area contributed by atoms with Gasteiger partial charge in [-0.05, 0) is 48.9 Å². The number of hydrogen-bond donors (Lipinski definition) is 0. The number of nitrogens with zero attached hydrogens (tertiary/aromatic N) is 1. The van der Waals surface area contributed by atoms with E-state index in [1.165, 1.54) is 28.6 Å². The van der Waals surface area contributed by atoms with Crippen molar-refractivity contribution in [3.05, 3.63) is 59.9 Å². The molecule has 0 aliphatic heterocycles. The van der Waals surface area contributed by atoms with E-state index in [0.29, 0.717) is 11.0 Å². The number of alkyl halides is 1. The molecule has 0 fully saturated rings. The van der Waals surface area contributed by atoms with E-state index in [1.54, 1.807) is 31.2 Å². The summed E-state index contributed by atoms with van der Waals surface area (Å²) in [5, 5.41) is 0.669. The molecule has 0 amide bonds. The average molecular weight is 372 g/mol. The molecule has 0 bridgehead atoms. The summed E-state index contributed by atoms with van der Waals surface area (Å²) >= 11 is 3.32. The number of sulfonamides is 1. The molecule has 0 saturated heterocycles. The average Bonchev–Trinajstić information content (AvgIpc) is 2.50. The monoisotopic (exact) mass is 371 g/mol. The highest BCUT2D eigenvalue weighted by Crippen LogP contribution is 2.24. The van der Waals surface area contributed by atoms with E-state index >= 15 is 0 Å². The second-order valence-corrected chi connectivity index (χ2v) is 6.85. The Labute approximate surface area is 132 Å². The number of benzene rings is 2. The molecule has 0 atom stereocenters. The van der Waals surface area contributed by atoms with Crippen LogP contribution in [0.3, 0.4) is 0 Å². The molecular formula is C15H15BrFNO2S. The van der Waals surface area contributed by atoms with Crippen LogP contribution in [0.25, 0.3) is 0 Å². The van der Waals surface area contributed by atoms with Gasteiger partial charge in [0.1, 0.15) is 5.82 Å². The van der Waals surface area contributed by atoms with Gasteiger partial charge in [-0.2, -0.15) is 0 Å². The Balaban J connectivity index is 2.41. The lowest BCUT2D eigenvalue weighted by atomic mass is 10.2. The zero-order valence-corrected chi connectivity index (χ0v) is 13.9. The van der Waals surface area contributed by atoms with Crippen molar-refractivity contribution in [2.45, 2.75) is 17.1 Å². The Morgan fingerprint density at radius 2 is 1.62 bits per heavy atom. The molecule has 0 heterocycles. The molecular weight excluding hydrogens is 357 g/mol. The van der Waals surface area contributed by atoms with Crippen LogP contribution in [0, 0.1) is 5.82 Å². The maximum absolute atomic E-state index is 13.0. The smallest absolute Gasteiger partial charge is 0.264 e. The highest BCUT2D eigenvalue weighted by Gasteiger charge is 2.23. The summed E-state index contributed by atoms with van der Waals surface area (Å²) in [5.41, 5.74) is 1.45. The zero-order chi connectivity index (χ0) is 15.5. The fraction of sp³-hybridized carbons (Fsp3) is 0.200. The first kappa shape index (κ1) is 16.0. The maximum Gasteiger partial charge on any atom is 0.264 e. The minimum absolute atomic E-state index is 0.221. The number of hydrogen-bond acceptors (Lipinski definition) is 2. The van der Waals surface area contributed by atoms with Crippen molar-refractivity contribution >= 4 is 31.6 Å². The van der Waals surface area contributed by atoms with Crippen molar-refractivity contribution in [3.8, 4) is 0 Å². The van der Waals surface area contributed by atoms with Gasteiger partial charge in [0.15, 0.2) is 0 Å². The van der Waals surface area contributed by atoms with Crippen molar-refractivity contribution < 1.29 is 12.8 Å². The molecule has 2 aromatic rings. The van der Waals surface area contributed by atoms with Crippen LogP contribution in [0.15, 0.2) is 53.4 Å². The van der Waals surface area contributed by atoms with Gasteiger partial charge in [0, 0.05) is 11.9 Å². The van der Waals surface area contributed by atoms with Gasteiger partial charge in [-0.1, -0.05) is 28.1 Å². The van der Waals surface area contributed by atoms with Crippen LogP contribution in [-0.2, 0) is 15.4 Å². The minimum Gasteiger partial charge on any atom is -0.267 e. The van der Waals surface area contributed by atoms with Gasteiger partial charge in [-0.15, -0.1) is 0 Å². The number of rotatable bonds is 5. The molecule has 0 saturated carbocycles. The molecule has 0 aliphatic rings. The Kier molecular flexibility index (Phi) is 5.00. The Morgan fingerprint density at radius 3 is 2.10 bits per heavy atom. The summed E-state index contributed by atoms with van der Waals surface area (Å²) in [6.07, 6.45) is 0. The minimum atomic E-state index is -3.65. The topological polar surface area (TPSA) is 37.4 Å². The van der Waals surface area contributed by atoms with Gasteiger partial charge in [0.25, 0.3) is 10.0 Å². The summed E-state index contributed by atoms with van der Waals surface area (Å²) in [6.45, 7) is 2.02. The van der Waals surface area contributed by atoms with Gasteiger partial charge in [0.2, 0.25) is 0 Å². The summed E-state index contributed by atoms with van der Waals surface area (Å²) < 4.78 is 39.6. The molecule has 0 spiro atoms. The van der Waals surface area contributed by atoms with Crippen LogP contribution in [0.5, 0.6) is 0 Å². The van der Waals surface area contributed by atoms with E-state index in [-0.39, 0.29) is 11.4 Å². The predicted molar refractivity (Wildman–Crippen MR) is 85.7 cm³/mol. The molecule has 0 N–H and O–H groups in total. The van der Waals surface area contributed by atoms with Crippen molar-refractivity contribution in [2.24, 2.45) is 0 Å². The predicted octanol–water partition coefficient (Wildman–Crippen LogP) is 3.94. The molecule has 0 unspecified atom stereocenters. The molecule has 21 heavy (non-hydrogen) atoms. The van der Waals surface area contributed by atoms with Gasteiger partial charge < -0.3 is 0 Å². The molecule has 2 rings (SSSR count). The largest absolute Gasteiger partial charge is 0.267 e. The summed E-state index contributed by atoms with van der Waals surface area (Å²) in [5.74, 6) is -0.395. The third kappa shape index (κ3) is 3.44. The van der Waals surface area contributed by atoms with E-state index < -0.39 is 15.8 Å². The van der Waals surface area contributed by atoms with Crippen molar-refractivity contribution in [1.29, 1.82) is 0 Å². The molecule has 0 aromatic heterocycles. The van der Waals surface area contributed by atoms with E-state index in [2.05, 4.69) is 15.9 Å². The Morgan fingerprint density at radius 1 is 1.05 bits per heavy atom. The van der Waals surface area contributed by atoms with Crippen molar-refractivity contribution in [1.82, 2.24) is 0 Å². The highest BCUT2D eigenvalue weighted by molar-refractivity contribution is 9.08. The van der Waals surface area contributed by atoms with E-state index in [0.717, 1.165) is 5.56 Å². The molecule has 3 nitrogen and oxygen atoms in total. The van der Waals surface area contributed by atoms with Crippen LogP contribution < -0.4 is 4.31 Å². The van der Waals surface area contributed by atoms with E-state index in [1.807, 2.05) is 0 Å². The fourth-order valence-corrected chi connectivity index (χ4v) is 3.82.